The van der Waals surface area contributed by atoms with Crippen LogP contribution in [-0.4, -0.2) is 34.2 Å². The number of hydrogen-bond acceptors (Lipinski definition) is 6. The Labute approximate surface area is 205 Å². The van der Waals surface area contributed by atoms with Crippen molar-refractivity contribution in [3.05, 3.63) is 57.6 Å². The van der Waals surface area contributed by atoms with Crippen LogP contribution in [0, 0.1) is 11.6 Å². The molecule has 16 heteroatoms. The quantitative estimate of drug-likeness (QED) is 0.248. The van der Waals surface area contributed by atoms with E-state index in [0.717, 1.165) is 24.3 Å². The van der Waals surface area contributed by atoms with Gasteiger partial charge < -0.3 is 9.47 Å². The lowest BCUT2D eigenvalue weighted by atomic mass is 10.2. The molecule has 0 atom stereocenters. The van der Waals surface area contributed by atoms with Gasteiger partial charge in [0.05, 0.1) is 36.3 Å². The maximum absolute atomic E-state index is 13.3. The fraction of sp³-hybridized carbons (Fsp3) is 0.200. The minimum Gasteiger partial charge on any atom is -0.494 e. The lowest BCUT2D eigenvalue weighted by Crippen LogP contribution is -2.10. The van der Waals surface area contributed by atoms with Crippen LogP contribution in [0.15, 0.2) is 24.3 Å². The number of benzene rings is 2. The van der Waals surface area contributed by atoms with Crippen LogP contribution in [0.1, 0.15) is 11.4 Å². The molecule has 2 aromatic heterocycles. The van der Waals surface area contributed by atoms with Gasteiger partial charge in [-0.3, -0.25) is 0 Å². The van der Waals surface area contributed by atoms with Crippen LogP contribution in [0.5, 0.6) is 11.5 Å². The predicted molar refractivity (Wildman–Crippen MR) is 112 cm³/mol. The van der Waals surface area contributed by atoms with Gasteiger partial charge in [0, 0.05) is 24.3 Å². The zero-order valence-corrected chi connectivity index (χ0v) is 19.2. The zero-order valence-electron chi connectivity index (χ0n) is 17.7. The first-order chi connectivity index (χ1) is 16.6. The van der Waals surface area contributed by atoms with Crippen molar-refractivity contribution in [1.29, 1.82) is 0 Å². The molecular formula is C20H10Cl2F8N4O2. The van der Waals surface area contributed by atoms with E-state index in [9.17, 15) is 35.1 Å². The fourth-order valence-corrected chi connectivity index (χ4v) is 3.23. The first-order valence-electron chi connectivity index (χ1n) is 9.21. The van der Waals surface area contributed by atoms with E-state index in [1.165, 1.54) is 14.2 Å². The molecule has 4 aromatic rings. The highest BCUT2D eigenvalue weighted by molar-refractivity contribution is 6.30. The summed E-state index contributed by atoms with van der Waals surface area (Å²) in [5.74, 6) is -1.94. The number of aromatic nitrogens is 4. The molecule has 2 heterocycles. The molecule has 0 N–H and O–H groups in total. The number of fused-ring (bicyclic) bond motifs is 2. The standard InChI is InChI=1S/2C10H5ClF4N2O/c1-18-7-3-6-5(2-4(7)12)17-9(11)8(16-6)10(13,14)15;1-18-7-3-6-5(2-4(7)12)16-8(9(11)17-6)10(13,14)15/h2*2-3H,1H3. The minimum absolute atomic E-state index is 0.0197. The maximum atomic E-state index is 13.3. The van der Waals surface area contributed by atoms with Gasteiger partial charge in [-0.15, -0.1) is 0 Å². The Balaban J connectivity index is 0.000000201. The summed E-state index contributed by atoms with van der Waals surface area (Å²) in [5.41, 5.74) is -3.11. The van der Waals surface area contributed by atoms with E-state index in [2.05, 4.69) is 29.4 Å². The predicted octanol–water partition coefficient (Wildman–Crippen LogP) is 6.90. The van der Waals surface area contributed by atoms with Gasteiger partial charge in [-0.25, -0.2) is 28.7 Å². The number of nitrogens with zero attached hydrogens (tertiary/aromatic N) is 4. The maximum Gasteiger partial charge on any atom is 0.436 e. The molecule has 6 nitrogen and oxygen atoms in total. The second-order valence-corrected chi connectivity index (χ2v) is 7.39. The third kappa shape index (κ3) is 5.75. The number of alkyl halides is 6. The molecule has 4 rings (SSSR count). The van der Waals surface area contributed by atoms with Crippen LogP contribution in [0.3, 0.4) is 0 Å². The molecule has 0 unspecified atom stereocenters. The number of halogens is 10. The fourth-order valence-electron chi connectivity index (χ4n) is 2.75. The molecule has 0 amide bonds. The normalized spacial score (nSPS) is 11.9. The molecule has 0 aliphatic carbocycles. The Hall–Kier alpha value is -3.26. The topological polar surface area (TPSA) is 70.0 Å². The monoisotopic (exact) mass is 560 g/mol. The van der Waals surface area contributed by atoms with E-state index in [1.807, 2.05) is 0 Å². The summed E-state index contributed by atoms with van der Waals surface area (Å²) in [6, 6.07) is 3.88. The van der Waals surface area contributed by atoms with E-state index in [-0.39, 0.29) is 33.6 Å². The van der Waals surface area contributed by atoms with Crippen molar-refractivity contribution >= 4 is 45.3 Å². The third-order valence-electron chi connectivity index (χ3n) is 4.33. The van der Waals surface area contributed by atoms with Crippen molar-refractivity contribution < 1.29 is 44.6 Å². The molecule has 36 heavy (non-hydrogen) atoms. The minimum atomic E-state index is -4.74. The second-order valence-electron chi connectivity index (χ2n) is 6.67. The van der Waals surface area contributed by atoms with Gasteiger partial charge in [0.25, 0.3) is 0 Å². The van der Waals surface area contributed by atoms with Crippen molar-refractivity contribution in [1.82, 2.24) is 19.9 Å². The summed E-state index contributed by atoms with van der Waals surface area (Å²) in [5, 5.41) is -1.61. The Bertz CT molecular complexity index is 1450. The smallest absolute Gasteiger partial charge is 0.436 e. The highest BCUT2D eigenvalue weighted by atomic mass is 35.5. The van der Waals surface area contributed by atoms with Crippen LogP contribution < -0.4 is 9.47 Å². The summed E-state index contributed by atoms with van der Waals surface area (Å²) in [4.78, 5) is 13.6. The highest BCUT2D eigenvalue weighted by Crippen LogP contribution is 2.35. The number of rotatable bonds is 2. The van der Waals surface area contributed by atoms with Crippen molar-refractivity contribution in [2.75, 3.05) is 14.2 Å². The average Bonchev–Trinajstić information content (AvgIpc) is 2.76. The van der Waals surface area contributed by atoms with Crippen molar-refractivity contribution in [3.8, 4) is 11.5 Å². The first kappa shape index (κ1) is 27.3. The van der Waals surface area contributed by atoms with Gasteiger partial charge in [0.1, 0.15) is 0 Å². The highest BCUT2D eigenvalue weighted by Gasteiger charge is 2.37. The Morgan fingerprint density at radius 1 is 0.583 bits per heavy atom. The van der Waals surface area contributed by atoms with E-state index < -0.39 is 45.7 Å². The lowest BCUT2D eigenvalue weighted by Gasteiger charge is -2.09. The first-order valence-corrected chi connectivity index (χ1v) is 9.97. The van der Waals surface area contributed by atoms with Gasteiger partial charge in [-0.2, -0.15) is 26.3 Å². The van der Waals surface area contributed by atoms with Gasteiger partial charge in [0.2, 0.25) is 0 Å². The van der Waals surface area contributed by atoms with E-state index >= 15 is 0 Å². The summed E-state index contributed by atoms with van der Waals surface area (Å²) in [6.45, 7) is 0. The number of hydrogen-bond donors (Lipinski definition) is 0. The second kappa shape index (κ2) is 10.0. The Morgan fingerprint density at radius 3 is 1.22 bits per heavy atom. The SMILES string of the molecule is COc1cc2nc(C(F)(F)F)c(Cl)nc2cc1F.COc1cc2nc(Cl)c(C(F)(F)F)nc2cc1F. The third-order valence-corrected chi connectivity index (χ3v) is 4.85. The molecule has 0 spiro atoms. The van der Waals surface area contributed by atoms with Crippen molar-refractivity contribution in [2.45, 2.75) is 12.4 Å². The molecule has 0 aliphatic heterocycles. The van der Waals surface area contributed by atoms with Crippen LogP contribution >= 0.6 is 23.2 Å². The van der Waals surface area contributed by atoms with Gasteiger partial charge in [0.15, 0.2) is 44.8 Å². The Morgan fingerprint density at radius 2 is 0.889 bits per heavy atom. The molecule has 0 aliphatic rings. The summed E-state index contributed by atoms with van der Waals surface area (Å²) < 4.78 is 111. The van der Waals surface area contributed by atoms with Crippen molar-refractivity contribution in [2.24, 2.45) is 0 Å². The van der Waals surface area contributed by atoms with Crippen LogP contribution in [0.25, 0.3) is 22.1 Å². The van der Waals surface area contributed by atoms with Gasteiger partial charge in [-0.1, -0.05) is 23.2 Å². The molecule has 0 fully saturated rings. The zero-order chi connectivity index (χ0) is 27.0. The lowest BCUT2D eigenvalue weighted by molar-refractivity contribution is -0.141. The largest absolute Gasteiger partial charge is 0.494 e. The van der Waals surface area contributed by atoms with Gasteiger partial charge in [-0.05, 0) is 0 Å². The van der Waals surface area contributed by atoms with Crippen LogP contribution in [-0.2, 0) is 12.4 Å². The molecule has 0 bridgehead atoms. The molecule has 0 saturated carbocycles. The molecule has 0 saturated heterocycles. The number of methoxy groups -OCH3 is 2. The molecule has 2 aromatic carbocycles. The number of ether oxygens (including phenoxy) is 2. The molecule has 192 valence electrons. The van der Waals surface area contributed by atoms with E-state index in [1.54, 1.807) is 0 Å². The molecule has 0 radical (unpaired) electrons. The Kier molecular flexibility index (Phi) is 7.60. The van der Waals surface area contributed by atoms with E-state index in [0.29, 0.717) is 0 Å². The van der Waals surface area contributed by atoms with Crippen molar-refractivity contribution in [3.63, 3.8) is 0 Å². The van der Waals surface area contributed by atoms with E-state index in [4.69, 9.17) is 23.2 Å². The summed E-state index contributed by atoms with van der Waals surface area (Å²) in [7, 11) is 2.42. The van der Waals surface area contributed by atoms with Crippen LogP contribution in [0.2, 0.25) is 10.3 Å². The van der Waals surface area contributed by atoms with Gasteiger partial charge >= 0.3 is 12.4 Å². The summed E-state index contributed by atoms with van der Waals surface area (Å²) in [6.07, 6.45) is -9.46. The average molecular weight is 561 g/mol. The summed E-state index contributed by atoms with van der Waals surface area (Å²) >= 11 is 10.8. The van der Waals surface area contributed by atoms with Crippen LogP contribution in [0.4, 0.5) is 35.1 Å². The molecular weight excluding hydrogens is 551 g/mol.